The molecule has 16 heavy (non-hydrogen) atoms. The lowest BCUT2D eigenvalue weighted by atomic mass is 9.98. The van der Waals surface area contributed by atoms with Gasteiger partial charge in [-0.05, 0) is 45.9 Å². The van der Waals surface area contributed by atoms with Gasteiger partial charge >= 0.3 is 0 Å². The molecule has 88 valence electrons. The summed E-state index contributed by atoms with van der Waals surface area (Å²) >= 11 is 0. The molecule has 0 spiro atoms. The first-order chi connectivity index (χ1) is 7.66. The second-order valence-corrected chi connectivity index (χ2v) is 4.83. The molecular formula is C13H21N3. The molecule has 2 atom stereocenters. The Morgan fingerprint density at radius 2 is 2.31 bits per heavy atom. The highest BCUT2D eigenvalue weighted by Crippen LogP contribution is 2.20. The molecule has 2 rings (SSSR count). The summed E-state index contributed by atoms with van der Waals surface area (Å²) in [4.78, 5) is 6.73. The van der Waals surface area contributed by atoms with E-state index < -0.39 is 0 Å². The summed E-state index contributed by atoms with van der Waals surface area (Å²) in [6.45, 7) is 5.53. The van der Waals surface area contributed by atoms with Gasteiger partial charge in [-0.1, -0.05) is 0 Å². The Labute approximate surface area is 97.9 Å². The molecular weight excluding hydrogens is 198 g/mol. The molecule has 1 aliphatic rings. The monoisotopic (exact) mass is 219 g/mol. The van der Waals surface area contributed by atoms with Crippen molar-refractivity contribution in [2.24, 2.45) is 0 Å². The Morgan fingerprint density at radius 3 is 3.00 bits per heavy atom. The van der Waals surface area contributed by atoms with Gasteiger partial charge in [0.2, 0.25) is 0 Å². The van der Waals surface area contributed by atoms with Crippen molar-refractivity contribution in [3.05, 3.63) is 24.0 Å². The lowest BCUT2D eigenvalue weighted by Crippen LogP contribution is -2.42. The van der Waals surface area contributed by atoms with Crippen LogP contribution in [0.15, 0.2) is 18.3 Å². The van der Waals surface area contributed by atoms with E-state index in [1.54, 1.807) is 0 Å². The minimum atomic E-state index is 0.592. The van der Waals surface area contributed by atoms with Crippen LogP contribution in [0.25, 0.3) is 0 Å². The molecule has 2 heterocycles. The average Bonchev–Trinajstić information content (AvgIpc) is 2.27. The lowest BCUT2D eigenvalue weighted by molar-refractivity contribution is 0.190. The third-order valence-corrected chi connectivity index (χ3v) is 3.57. The minimum absolute atomic E-state index is 0.592. The SMILES string of the molecule is Cc1ncccc1NC1CCN(C)C(C)C1. The number of anilines is 1. The van der Waals surface area contributed by atoms with Crippen molar-refractivity contribution in [2.45, 2.75) is 38.8 Å². The molecule has 1 fully saturated rings. The second-order valence-electron chi connectivity index (χ2n) is 4.83. The van der Waals surface area contributed by atoms with Crippen LogP contribution in [-0.4, -0.2) is 35.6 Å². The smallest absolute Gasteiger partial charge is 0.0603 e. The largest absolute Gasteiger partial charge is 0.381 e. The minimum Gasteiger partial charge on any atom is -0.381 e. The van der Waals surface area contributed by atoms with Crippen molar-refractivity contribution in [3.63, 3.8) is 0 Å². The fourth-order valence-electron chi connectivity index (χ4n) is 2.28. The standard InChI is InChI=1S/C13H21N3/c1-10-9-12(6-8-16(10)3)15-13-5-4-7-14-11(13)2/h4-5,7,10,12,15H,6,8-9H2,1-3H3. The first-order valence-electron chi connectivity index (χ1n) is 6.05. The zero-order chi connectivity index (χ0) is 11.5. The Bertz CT molecular complexity index is 351. The third-order valence-electron chi connectivity index (χ3n) is 3.57. The maximum atomic E-state index is 4.31. The molecule has 1 aliphatic heterocycles. The summed E-state index contributed by atoms with van der Waals surface area (Å²) in [6, 6.07) is 5.37. The Balaban J connectivity index is 1.98. The van der Waals surface area contributed by atoms with Crippen LogP contribution in [-0.2, 0) is 0 Å². The highest BCUT2D eigenvalue weighted by atomic mass is 15.1. The van der Waals surface area contributed by atoms with Gasteiger partial charge in [0.25, 0.3) is 0 Å². The average molecular weight is 219 g/mol. The number of piperidine rings is 1. The molecule has 3 nitrogen and oxygen atoms in total. The Hall–Kier alpha value is -1.09. The van der Waals surface area contributed by atoms with E-state index in [0.29, 0.717) is 12.1 Å². The maximum Gasteiger partial charge on any atom is 0.0603 e. The Kier molecular flexibility index (Phi) is 3.44. The quantitative estimate of drug-likeness (QED) is 0.827. The highest BCUT2D eigenvalue weighted by Gasteiger charge is 2.22. The van der Waals surface area contributed by atoms with Crippen molar-refractivity contribution < 1.29 is 0 Å². The number of hydrogen-bond donors (Lipinski definition) is 1. The van der Waals surface area contributed by atoms with Crippen LogP contribution in [0.4, 0.5) is 5.69 Å². The number of nitrogens with one attached hydrogen (secondary N) is 1. The van der Waals surface area contributed by atoms with Crippen LogP contribution in [0.1, 0.15) is 25.5 Å². The summed E-state index contributed by atoms with van der Waals surface area (Å²) in [5, 5.41) is 3.61. The van der Waals surface area contributed by atoms with Crippen LogP contribution in [0.2, 0.25) is 0 Å². The molecule has 3 heteroatoms. The van der Waals surface area contributed by atoms with Crippen molar-refractivity contribution in [1.29, 1.82) is 0 Å². The zero-order valence-electron chi connectivity index (χ0n) is 10.4. The van der Waals surface area contributed by atoms with E-state index in [1.807, 2.05) is 12.3 Å². The van der Waals surface area contributed by atoms with Crippen LogP contribution < -0.4 is 5.32 Å². The van der Waals surface area contributed by atoms with Crippen molar-refractivity contribution in [1.82, 2.24) is 9.88 Å². The number of rotatable bonds is 2. The topological polar surface area (TPSA) is 28.2 Å². The molecule has 0 radical (unpaired) electrons. The zero-order valence-corrected chi connectivity index (χ0v) is 10.4. The van der Waals surface area contributed by atoms with E-state index in [4.69, 9.17) is 0 Å². The normalized spacial score (nSPS) is 26.7. The summed E-state index contributed by atoms with van der Waals surface area (Å²) in [6.07, 6.45) is 4.28. The van der Waals surface area contributed by atoms with Crippen LogP contribution >= 0.6 is 0 Å². The first-order valence-corrected chi connectivity index (χ1v) is 6.05. The summed E-state index contributed by atoms with van der Waals surface area (Å²) in [5.74, 6) is 0. The molecule has 0 amide bonds. The Morgan fingerprint density at radius 1 is 1.50 bits per heavy atom. The van der Waals surface area contributed by atoms with Gasteiger partial charge in [-0.15, -0.1) is 0 Å². The molecule has 1 N–H and O–H groups in total. The number of nitrogens with zero attached hydrogens (tertiary/aromatic N) is 2. The van der Waals surface area contributed by atoms with Gasteiger partial charge in [-0.25, -0.2) is 0 Å². The van der Waals surface area contributed by atoms with Gasteiger partial charge in [0, 0.05) is 24.8 Å². The predicted molar refractivity (Wildman–Crippen MR) is 67.7 cm³/mol. The molecule has 1 saturated heterocycles. The van der Waals surface area contributed by atoms with Gasteiger partial charge in [0.05, 0.1) is 11.4 Å². The van der Waals surface area contributed by atoms with E-state index >= 15 is 0 Å². The van der Waals surface area contributed by atoms with Crippen molar-refractivity contribution in [2.75, 3.05) is 18.9 Å². The van der Waals surface area contributed by atoms with E-state index in [9.17, 15) is 0 Å². The van der Waals surface area contributed by atoms with E-state index in [-0.39, 0.29) is 0 Å². The molecule has 0 aliphatic carbocycles. The third kappa shape index (κ3) is 2.53. The number of aryl methyl sites for hydroxylation is 1. The summed E-state index contributed by atoms with van der Waals surface area (Å²) < 4.78 is 0. The highest BCUT2D eigenvalue weighted by molar-refractivity contribution is 5.47. The van der Waals surface area contributed by atoms with Crippen molar-refractivity contribution >= 4 is 5.69 Å². The number of hydrogen-bond acceptors (Lipinski definition) is 3. The molecule has 1 aromatic rings. The first kappa shape index (κ1) is 11.4. The fourth-order valence-corrected chi connectivity index (χ4v) is 2.28. The van der Waals surface area contributed by atoms with Gasteiger partial charge < -0.3 is 10.2 Å². The van der Waals surface area contributed by atoms with Crippen LogP contribution in [0.5, 0.6) is 0 Å². The maximum absolute atomic E-state index is 4.31. The van der Waals surface area contributed by atoms with E-state index in [1.165, 1.54) is 25.1 Å². The molecule has 0 bridgehead atoms. The summed E-state index contributed by atoms with van der Waals surface area (Å²) in [5.41, 5.74) is 2.28. The number of likely N-dealkylation sites (tertiary alicyclic amines) is 1. The van der Waals surface area contributed by atoms with E-state index in [0.717, 1.165) is 5.69 Å². The summed E-state index contributed by atoms with van der Waals surface area (Å²) in [7, 11) is 2.20. The number of pyridine rings is 1. The van der Waals surface area contributed by atoms with Gasteiger partial charge in [0.15, 0.2) is 0 Å². The van der Waals surface area contributed by atoms with Gasteiger partial charge in [-0.2, -0.15) is 0 Å². The second kappa shape index (κ2) is 4.83. The molecule has 1 aromatic heterocycles. The van der Waals surface area contributed by atoms with Gasteiger partial charge in [0.1, 0.15) is 0 Å². The van der Waals surface area contributed by atoms with Gasteiger partial charge in [-0.3, -0.25) is 4.98 Å². The molecule has 2 unspecified atom stereocenters. The van der Waals surface area contributed by atoms with E-state index in [2.05, 4.69) is 42.2 Å². The lowest BCUT2D eigenvalue weighted by Gasteiger charge is -2.35. The van der Waals surface area contributed by atoms with Crippen LogP contribution in [0.3, 0.4) is 0 Å². The van der Waals surface area contributed by atoms with Crippen molar-refractivity contribution in [3.8, 4) is 0 Å². The van der Waals surface area contributed by atoms with Crippen LogP contribution in [0, 0.1) is 6.92 Å². The molecule has 0 saturated carbocycles. The fraction of sp³-hybridized carbons (Fsp3) is 0.615. The number of aromatic nitrogens is 1. The molecule has 0 aromatic carbocycles. The predicted octanol–water partition coefficient (Wildman–Crippen LogP) is 2.28.